The smallest absolute Gasteiger partial charge is 0.385 e. The molecule has 3 rings (SSSR count). The average molecular weight is 422 g/mol. The van der Waals surface area contributed by atoms with Gasteiger partial charge >= 0.3 is 6.18 Å². The Bertz CT molecular complexity index is 1070. The van der Waals surface area contributed by atoms with Gasteiger partial charge in [-0.15, -0.1) is 0 Å². The fourth-order valence-electron chi connectivity index (χ4n) is 3.16. The topological polar surface area (TPSA) is 60.8 Å². The molecule has 2 aromatic heterocycles. The second-order valence-corrected chi connectivity index (χ2v) is 7.08. The van der Waals surface area contributed by atoms with Crippen molar-refractivity contribution in [3.8, 4) is 11.3 Å². The average Bonchev–Trinajstić information content (AvgIpc) is 2.68. The van der Waals surface area contributed by atoms with Gasteiger partial charge in [0.05, 0.1) is 17.0 Å². The lowest BCUT2D eigenvalue weighted by atomic mass is 10.0. The number of hydrogen-bond acceptors (Lipinski definition) is 5. The Morgan fingerprint density at radius 3 is 2.33 bits per heavy atom. The number of benzene rings is 1. The van der Waals surface area contributed by atoms with Gasteiger partial charge in [-0.05, 0) is 44.9 Å². The van der Waals surface area contributed by atoms with Crippen molar-refractivity contribution < 1.29 is 22.3 Å². The molecule has 0 N–H and O–H groups in total. The zero-order valence-electron chi connectivity index (χ0n) is 17.1. The van der Waals surface area contributed by atoms with Crippen LogP contribution >= 0.6 is 0 Å². The van der Waals surface area contributed by atoms with Gasteiger partial charge in [-0.1, -0.05) is 6.92 Å². The molecular weight excluding hydrogens is 400 g/mol. The van der Waals surface area contributed by atoms with Crippen LogP contribution < -0.4 is 0 Å². The van der Waals surface area contributed by atoms with E-state index in [1.54, 1.807) is 21.0 Å². The van der Waals surface area contributed by atoms with Crippen molar-refractivity contribution in [2.24, 2.45) is 0 Å². The van der Waals surface area contributed by atoms with Crippen LogP contribution in [0.2, 0.25) is 0 Å². The lowest BCUT2D eigenvalue weighted by molar-refractivity contribution is -0.137. The van der Waals surface area contributed by atoms with E-state index in [1.165, 1.54) is 0 Å². The van der Waals surface area contributed by atoms with Crippen LogP contribution in [0, 0.1) is 19.7 Å². The van der Waals surface area contributed by atoms with E-state index in [4.69, 9.17) is 4.74 Å². The van der Waals surface area contributed by atoms with Gasteiger partial charge in [0.15, 0.2) is 5.65 Å². The summed E-state index contributed by atoms with van der Waals surface area (Å²) in [4.78, 5) is 18.0. The molecular formula is C21H22F4N4O. The molecule has 0 saturated carbocycles. The first-order chi connectivity index (χ1) is 14.2. The lowest BCUT2D eigenvalue weighted by Crippen LogP contribution is -2.11. The molecule has 3 aromatic rings. The largest absolute Gasteiger partial charge is 0.416 e. The summed E-state index contributed by atoms with van der Waals surface area (Å²) in [6.07, 6.45) is -3.28. The highest BCUT2D eigenvalue weighted by Gasteiger charge is 2.32. The van der Waals surface area contributed by atoms with Crippen molar-refractivity contribution in [3.63, 3.8) is 0 Å². The highest BCUT2D eigenvalue weighted by atomic mass is 19.4. The molecule has 160 valence electrons. The van der Waals surface area contributed by atoms with Crippen molar-refractivity contribution >= 4 is 11.2 Å². The molecule has 0 fully saturated rings. The number of aromatic nitrogens is 4. The van der Waals surface area contributed by atoms with E-state index in [9.17, 15) is 17.6 Å². The minimum Gasteiger partial charge on any atom is -0.385 e. The summed E-state index contributed by atoms with van der Waals surface area (Å²) in [5, 5.41) is 0. The number of ether oxygens (including phenoxy) is 1. The molecule has 0 radical (unpaired) electrons. The molecule has 0 saturated heterocycles. The van der Waals surface area contributed by atoms with Crippen molar-refractivity contribution in [3.05, 3.63) is 46.8 Å². The van der Waals surface area contributed by atoms with Gasteiger partial charge < -0.3 is 4.74 Å². The Morgan fingerprint density at radius 2 is 1.73 bits per heavy atom. The number of methoxy groups -OCH3 is 1. The number of rotatable bonds is 6. The molecule has 30 heavy (non-hydrogen) atoms. The van der Waals surface area contributed by atoms with E-state index in [-0.39, 0.29) is 28.3 Å². The third-order valence-corrected chi connectivity index (χ3v) is 5.04. The maximum atomic E-state index is 14.8. The highest BCUT2D eigenvalue weighted by Crippen LogP contribution is 2.34. The van der Waals surface area contributed by atoms with Crippen LogP contribution in [-0.4, -0.2) is 33.7 Å². The number of hydrogen-bond donors (Lipinski definition) is 0. The number of halogens is 4. The van der Waals surface area contributed by atoms with Gasteiger partial charge in [0.2, 0.25) is 0 Å². The van der Waals surface area contributed by atoms with Gasteiger partial charge in [-0.2, -0.15) is 13.2 Å². The van der Waals surface area contributed by atoms with E-state index in [2.05, 4.69) is 19.9 Å². The fourth-order valence-corrected chi connectivity index (χ4v) is 3.16. The Kier molecular flexibility index (Phi) is 6.30. The summed E-state index contributed by atoms with van der Waals surface area (Å²) in [6.45, 7) is 5.99. The fraction of sp³-hybridized carbons (Fsp3) is 0.429. The second kappa shape index (κ2) is 8.59. The lowest BCUT2D eigenvalue weighted by Gasteiger charge is -2.16. The molecule has 0 amide bonds. The molecule has 1 aromatic carbocycles. The normalized spacial score (nSPS) is 13.1. The Labute approximate surface area is 171 Å². The van der Waals surface area contributed by atoms with E-state index < -0.39 is 17.6 Å². The molecule has 1 atom stereocenters. The molecule has 0 bridgehead atoms. The Balaban J connectivity index is 2.25. The molecule has 0 spiro atoms. The van der Waals surface area contributed by atoms with E-state index in [0.717, 1.165) is 12.1 Å². The first-order valence-corrected chi connectivity index (χ1v) is 9.54. The van der Waals surface area contributed by atoms with E-state index in [1.807, 2.05) is 6.92 Å². The van der Waals surface area contributed by atoms with E-state index >= 15 is 0 Å². The van der Waals surface area contributed by atoms with Crippen LogP contribution in [0.3, 0.4) is 0 Å². The molecule has 0 aliphatic carbocycles. The van der Waals surface area contributed by atoms with Crippen molar-refractivity contribution in [1.29, 1.82) is 0 Å². The maximum absolute atomic E-state index is 14.8. The highest BCUT2D eigenvalue weighted by molar-refractivity contribution is 5.87. The van der Waals surface area contributed by atoms with Crippen LogP contribution in [0.15, 0.2) is 18.2 Å². The van der Waals surface area contributed by atoms with Gasteiger partial charge in [-0.3, -0.25) is 0 Å². The minimum absolute atomic E-state index is 0.0733. The summed E-state index contributed by atoms with van der Waals surface area (Å²) in [6, 6.07) is 2.39. The predicted molar refractivity (Wildman–Crippen MR) is 105 cm³/mol. The van der Waals surface area contributed by atoms with Crippen LogP contribution in [0.5, 0.6) is 0 Å². The Hall–Kier alpha value is -2.68. The summed E-state index contributed by atoms with van der Waals surface area (Å²) >= 11 is 0. The van der Waals surface area contributed by atoms with Crippen molar-refractivity contribution in [2.45, 2.75) is 45.7 Å². The van der Waals surface area contributed by atoms with Gasteiger partial charge in [0.1, 0.15) is 22.9 Å². The number of aryl methyl sites for hydroxylation is 2. The summed E-state index contributed by atoms with van der Waals surface area (Å²) in [5.41, 5.74) is 0.806. The van der Waals surface area contributed by atoms with Gasteiger partial charge in [0.25, 0.3) is 0 Å². The maximum Gasteiger partial charge on any atom is 0.416 e. The first kappa shape index (κ1) is 22.0. The second-order valence-electron chi connectivity index (χ2n) is 7.08. The van der Waals surface area contributed by atoms with Crippen LogP contribution in [-0.2, 0) is 10.9 Å². The standard InChI is InChI=1S/C21H22F4N4O/c1-5-13(8-9-30-4)19-28-17(18-20(29-19)27-12(3)11(2)26-18)15-7-6-14(10-16(15)22)21(23,24)25/h6-7,10,13H,5,8-9H2,1-4H3. The van der Waals surface area contributed by atoms with Gasteiger partial charge in [0, 0.05) is 25.2 Å². The molecule has 0 aliphatic rings. The Morgan fingerprint density at radius 1 is 1.03 bits per heavy atom. The molecule has 5 nitrogen and oxygen atoms in total. The third kappa shape index (κ3) is 4.40. The summed E-state index contributed by atoms with van der Waals surface area (Å²) < 4.78 is 58.8. The number of fused-ring (bicyclic) bond motifs is 1. The summed E-state index contributed by atoms with van der Waals surface area (Å²) in [7, 11) is 1.59. The van der Waals surface area contributed by atoms with Crippen LogP contribution in [0.1, 0.15) is 48.5 Å². The third-order valence-electron chi connectivity index (χ3n) is 5.04. The van der Waals surface area contributed by atoms with Crippen molar-refractivity contribution in [1.82, 2.24) is 19.9 Å². The van der Waals surface area contributed by atoms with Crippen molar-refractivity contribution in [2.75, 3.05) is 13.7 Å². The van der Waals surface area contributed by atoms with Crippen LogP contribution in [0.4, 0.5) is 17.6 Å². The zero-order chi connectivity index (χ0) is 22.1. The molecule has 0 aliphatic heterocycles. The summed E-state index contributed by atoms with van der Waals surface area (Å²) in [5.74, 6) is -0.663. The first-order valence-electron chi connectivity index (χ1n) is 9.54. The molecule has 1 unspecified atom stereocenters. The molecule has 2 heterocycles. The van der Waals surface area contributed by atoms with Gasteiger partial charge in [-0.25, -0.2) is 24.3 Å². The predicted octanol–water partition coefficient (Wildman–Crippen LogP) is 5.39. The zero-order valence-corrected chi connectivity index (χ0v) is 17.1. The number of nitrogens with zero attached hydrogens (tertiary/aromatic N) is 4. The molecule has 9 heteroatoms. The quantitative estimate of drug-likeness (QED) is 0.499. The van der Waals surface area contributed by atoms with Crippen LogP contribution in [0.25, 0.3) is 22.4 Å². The monoisotopic (exact) mass is 422 g/mol. The SMILES string of the molecule is CCC(CCOC)c1nc(-c2ccc(C(F)(F)F)cc2F)c2nc(C)c(C)nc2n1. The number of alkyl halides is 3. The van der Waals surface area contributed by atoms with E-state index in [0.29, 0.717) is 42.7 Å². The minimum atomic E-state index is -4.64.